The molecule has 0 saturated heterocycles. The predicted molar refractivity (Wildman–Crippen MR) is 87.6 cm³/mol. The molecule has 1 N–H and O–H groups in total. The summed E-state index contributed by atoms with van der Waals surface area (Å²) in [6.45, 7) is 3.81. The number of ketones is 1. The third kappa shape index (κ3) is 2.23. The Morgan fingerprint density at radius 1 is 1.20 bits per heavy atom. The molecule has 3 saturated carbocycles. The van der Waals surface area contributed by atoms with Crippen molar-refractivity contribution in [2.45, 2.75) is 70.6 Å². The van der Waals surface area contributed by atoms with Gasteiger partial charge in [-0.15, -0.1) is 0 Å². The highest BCUT2D eigenvalue weighted by atomic mass is 19.4. The van der Waals surface area contributed by atoms with E-state index in [1.165, 1.54) is 5.57 Å². The molecule has 7 atom stereocenters. The van der Waals surface area contributed by atoms with Crippen LogP contribution < -0.4 is 0 Å². The first-order chi connectivity index (χ1) is 11.6. The topological polar surface area (TPSA) is 37.3 Å². The monoisotopic (exact) mass is 356 g/mol. The molecule has 4 aliphatic carbocycles. The van der Waals surface area contributed by atoms with E-state index in [-0.39, 0.29) is 30.0 Å². The molecule has 3 fully saturated rings. The molecule has 25 heavy (non-hydrogen) atoms. The van der Waals surface area contributed by atoms with Gasteiger partial charge in [0.15, 0.2) is 11.4 Å². The van der Waals surface area contributed by atoms with E-state index < -0.39 is 17.2 Å². The SMILES string of the molecule is CC1CC2=CC(=O)CCC2C2CC[C@@]3(C)C(CC[C@]3(O)C(F)(F)F)C12. The summed E-state index contributed by atoms with van der Waals surface area (Å²) in [7, 11) is 0. The van der Waals surface area contributed by atoms with Crippen LogP contribution in [0.4, 0.5) is 13.2 Å². The quantitative estimate of drug-likeness (QED) is 0.685. The van der Waals surface area contributed by atoms with Gasteiger partial charge in [-0.05, 0) is 74.2 Å². The van der Waals surface area contributed by atoms with E-state index in [4.69, 9.17) is 0 Å². The fraction of sp³-hybridized carbons (Fsp3) is 0.850. The molecule has 0 radical (unpaired) electrons. The van der Waals surface area contributed by atoms with Gasteiger partial charge in [0, 0.05) is 11.8 Å². The second-order valence-electron chi connectivity index (χ2n) is 9.21. The van der Waals surface area contributed by atoms with E-state index in [0.717, 1.165) is 19.3 Å². The van der Waals surface area contributed by atoms with Crippen LogP contribution in [0, 0.1) is 35.0 Å². The van der Waals surface area contributed by atoms with Crippen molar-refractivity contribution < 1.29 is 23.1 Å². The zero-order chi connectivity index (χ0) is 18.2. The van der Waals surface area contributed by atoms with Crippen LogP contribution in [0.3, 0.4) is 0 Å². The Kier molecular flexibility index (Phi) is 3.75. The first kappa shape index (κ1) is 17.6. The van der Waals surface area contributed by atoms with Crippen LogP contribution in [0.1, 0.15) is 58.8 Å². The number of hydrogen-bond donors (Lipinski definition) is 1. The van der Waals surface area contributed by atoms with Gasteiger partial charge >= 0.3 is 6.18 Å². The minimum atomic E-state index is -4.57. The number of halogens is 3. The average molecular weight is 356 g/mol. The third-order valence-corrected chi connectivity index (χ3v) is 8.26. The minimum absolute atomic E-state index is 0.0768. The summed E-state index contributed by atoms with van der Waals surface area (Å²) in [5.41, 5.74) is -2.39. The van der Waals surface area contributed by atoms with Crippen LogP contribution in [-0.2, 0) is 4.79 Å². The molecule has 0 aromatic carbocycles. The Balaban J connectivity index is 1.70. The number of aliphatic hydroxyl groups is 1. The Morgan fingerprint density at radius 3 is 2.60 bits per heavy atom. The maximum Gasteiger partial charge on any atom is 0.417 e. The number of carbonyl (C=O) groups excluding carboxylic acids is 1. The van der Waals surface area contributed by atoms with Crippen molar-refractivity contribution in [3.63, 3.8) is 0 Å². The Bertz CT molecular complexity index is 625. The van der Waals surface area contributed by atoms with Crippen molar-refractivity contribution in [2.75, 3.05) is 0 Å². The van der Waals surface area contributed by atoms with Crippen molar-refractivity contribution in [3.05, 3.63) is 11.6 Å². The number of carbonyl (C=O) groups is 1. The molecule has 0 aromatic heterocycles. The van der Waals surface area contributed by atoms with Gasteiger partial charge in [-0.25, -0.2) is 0 Å². The van der Waals surface area contributed by atoms with Crippen LogP contribution in [0.25, 0.3) is 0 Å². The summed E-state index contributed by atoms with van der Waals surface area (Å²) in [6, 6.07) is 0. The first-order valence-electron chi connectivity index (χ1n) is 9.61. The minimum Gasteiger partial charge on any atom is -0.380 e. The van der Waals surface area contributed by atoms with E-state index >= 15 is 0 Å². The lowest BCUT2D eigenvalue weighted by atomic mass is 9.48. The number of alkyl halides is 3. The first-order valence-corrected chi connectivity index (χ1v) is 9.61. The zero-order valence-corrected chi connectivity index (χ0v) is 14.9. The highest BCUT2D eigenvalue weighted by Crippen LogP contribution is 2.68. The summed E-state index contributed by atoms with van der Waals surface area (Å²) < 4.78 is 41.1. The standard InChI is InChI=1S/C20H27F3O2/c1-11-9-12-10-13(24)3-4-14(12)15-5-7-18(2)16(17(11)15)6-8-19(18,25)20(21,22)23/h10-11,14-17,25H,3-9H2,1-2H3/t11?,14?,15?,16?,17?,18-,19+/m0/s1. The van der Waals surface area contributed by atoms with E-state index in [1.54, 1.807) is 6.92 Å². The zero-order valence-electron chi connectivity index (χ0n) is 14.9. The van der Waals surface area contributed by atoms with Crippen LogP contribution in [-0.4, -0.2) is 22.7 Å². The maximum absolute atomic E-state index is 13.7. The molecule has 5 unspecified atom stereocenters. The molecule has 5 heteroatoms. The van der Waals surface area contributed by atoms with Gasteiger partial charge in [0.1, 0.15) is 0 Å². The largest absolute Gasteiger partial charge is 0.417 e. The number of fused-ring (bicyclic) bond motifs is 5. The van der Waals surface area contributed by atoms with Crippen molar-refractivity contribution in [2.24, 2.45) is 35.0 Å². The second kappa shape index (κ2) is 5.34. The lowest BCUT2D eigenvalue weighted by Gasteiger charge is -2.57. The molecule has 0 aromatic rings. The number of rotatable bonds is 0. The van der Waals surface area contributed by atoms with E-state index in [0.29, 0.717) is 31.1 Å². The summed E-state index contributed by atoms with van der Waals surface area (Å²) in [5, 5.41) is 10.6. The third-order valence-electron chi connectivity index (χ3n) is 8.26. The molecule has 140 valence electrons. The van der Waals surface area contributed by atoms with Gasteiger partial charge in [-0.3, -0.25) is 4.79 Å². The lowest BCUT2D eigenvalue weighted by Crippen LogP contribution is -2.60. The van der Waals surface area contributed by atoms with E-state index in [9.17, 15) is 23.1 Å². The Labute approximate surface area is 146 Å². The normalized spacial score (nSPS) is 49.9. The van der Waals surface area contributed by atoms with E-state index in [1.807, 2.05) is 6.08 Å². The Hall–Kier alpha value is -0.840. The van der Waals surface area contributed by atoms with Crippen LogP contribution >= 0.6 is 0 Å². The molecule has 2 nitrogen and oxygen atoms in total. The van der Waals surface area contributed by atoms with Gasteiger partial charge in [0.05, 0.1) is 0 Å². The predicted octanol–water partition coefficient (Wildman–Crippen LogP) is 4.67. The molecule has 0 heterocycles. The molecule has 0 bridgehead atoms. The Morgan fingerprint density at radius 2 is 1.92 bits per heavy atom. The summed E-state index contributed by atoms with van der Waals surface area (Å²) >= 11 is 0. The van der Waals surface area contributed by atoms with Gasteiger partial charge in [0.2, 0.25) is 0 Å². The molecule has 4 aliphatic rings. The fourth-order valence-corrected chi connectivity index (χ4v) is 7.07. The van der Waals surface area contributed by atoms with Crippen molar-refractivity contribution in [3.8, 4) is 0 Å². The van der Waals surface area contributed by atoms with E-state index in [2.05, 4.69) is 6.92 Å². The van der Waals surface area contributed by atoms with Gasteiger partial charge in [0.25, 0.3) is 0 Å². The fourth-order valence-electron chi connectivity index (χ4n) is 7.07. The van der Waals surface area contributed by atoms with Crippen molar-refractivity contribution in [1.29, 1.82) is 0 Å². The lowest BCUT2D eigenvalue weighted by molar-refractivity contribution is -0.303. The average Bonchev–Trinajstić information content (AvgIpc) is 2.79. The highest BCUT2D eigenvalue weighted by molar-refractivity contribution is 5.91. The number of hydrogen-bond acceptors (Lipinski definition) is 2. The van der Waals surface area contributed by atoms with Crippen molar-refractivity contribution >= 4 is 5.78 Å². The summed E-state index contributed by atoms with van der Waals surface area (Å²) in [6.07, 6.45) is 0.956. The van der Waals surface area contributed by atoms with Gasteiger partial charge in [-0.1, -0.05) is 19.4 Å². The molecule has 0 amide bonds. The number of allylic oxidation sites excluding steroid dienone is 1. The molecule has 0 aliphatic heterocycles. The van der Waals surface area contributed by atoms with Crippen molar-refractivity contribution in [1.82, 2.24) is 0 Å². The molecular weight excluding hydrogens is 329 g/mol. The summed E-state index contributed by atoms with van der Waals surface area (Å²) in [4.78, 5) is 11.8. The van der Waals surface area contributed by atoms with Gasteiger partial charge in [-0.2, -0.15) is 13.2 Å². The second-order valence-corrected chi connectivity index (χ2v) is 9.21. The smallest absolute Gasteiger partial charge is 0.380 e. The molecule has 0 spiro atoms. The maximum atomic E-state index is 13.7. The summed E-state index contributed by atoms with van der Waals surface area (Å²) in [5.74, 6) is 1.36. The highest BCUT2D eigenvalue weighted by Gasteiger charge is 2.72. The molecule has 4 rings (SSSR count). The molecular formula is C20H27F3O2. The van der Waals surface area contributed by atoms with Gasteiger partial charge < -0.3 is 5.11 Å². The van der Waals surface area contributed by atoms with Crippen LogP contribution in [0.15, 0.2) is 11.6 Å². The van der Waals surface area contributed by atoms with Crippen LogP contribution in [0.2, 0.25) is 0 Å². The van der Waals surface area contributed by atoms with Crippen LogP contribution in [0.5, 0.6) is 0 Å².